The number of hydrogen-bond donors (Lipinski definition) is 1. The smallest absolute Gasteiger partial charge is 0.416 e. The van der Waals surface area contributed by atoms with Crippen molar-refractivity contribution < 1.29 is 22.6 Å². The number of hydrogen-bond acceptors (Lipinski definition) is 4. The number of piperidine rings is 1. The molecule has 31 heavy (non-hydrogen) atoms. The Kier molecular flexibility index (Phi) is 8.07. The number of rotatable bonds is 9. The fourth-order valence-corrected chi connectivity index (χ4v) is 4.02. The summed E-state index contributed by atoms with van der Waals surface area (Å²) in [5.74, 6) is 2.16. The number of ether oxygens (including phenoxy) is 2. The summed E-state index contributed by atoms with van der Waals surface area (Å²) in [5, 5.41) is 3.25. The summed E-state index contributed by atoms with van der Waals surface area (Å²) in [6.07, 6.45) is 0.0260. The van der Waals surface area contributed by atoms with Gasteiger partial charge in [0.1, 0.15) is 0 Å². The number of benzene rings is 2. The molecular weight excluding hydrogens is 405 g/mol. The van der Waals surface area contributed by atoms with Gasteiger partial charge in [-0.3, -0.25) is 0 Å². The highest BCUT2D eigenvalue weighted by Crippen LogP contribution is 2.30. The van der Waals surface area contributed by atoms with Gasteiger partial charge in [-0.15, -0.1) is 0 Å². The van der Waals surface area contributed by atoms with Crippen LogP contribution in [0, 0.1) is 5.92 Å². The van der Waals surface area contributed by atoms with Gasteiger partial charge in [0, 0.05) is 18.8 Å². The first-order chi connectivity index (χ1) is 14.9. The number of nitrogens with zero attached hydrogens (tertiary/aromatic N) is 1. The molecule has 0 atom stereocenters. The third kappa shape index (κ3) is 6.79. The molecule has 170 valence electrons. The summed E-state index contributed by atoms with van der Waals surface area (Å²) in [6, 6.07) is 11.3. The second-order valence-electron chi connectivity index (χ2n) is 8.01. The van der Waals surface area contributed by atoms with E-state index in [0.29, 0.717) is 5.92 Å². The standard InChI is InChI=1S/C24H31F3N2O2/c1-30-22-8-3-19(17-23(22)31-2)12-16-29-14-10-18(11-15-29)9-13-28-21-6-4-20(5-7-21)24(25,26)27/h3-8,17-18,28H,9-16H2,1-2H3. The molecule has 1 heterocycles. The van der Waals surface area contributed by atoms with Gasteiger partial charge in [0.05, 0.1) is 19.8 Å². The summed E-state index contributed by atoms with van der Waals surface area (Å²) in [7, 11) is 3.29. The van der Waals surface area contributed by atoms with Crippen molar-refractivity contribution in [3.63, 3.8) is 0 Å². The largest absolute Gasteiger partial charge is 0.493 e. The van der Waals surface area contributed by atoms with E-state index in [-0.39, 0.29) is 0 Å². The Morgan fingerprint density at radius 3 is 2.26 bits per heavy atom. The zero-order valence-corrected chi connectivity index (χ0v) is 18.2. The van der Waals surface area contributed by atoms with E-state index in [0.717, 1.165) is 81.2 Å². The lowest BCUT2D eigenvalue weighted by atomic mass is 9.93. The molecule has 1 N–H and O–H groups in total. The van der Waals surface area contributed by atoms with Crippen LogP contribution in [-0.2, 0) is 12.6 Å². The van der Waals surface area contributed by atoms with Crippen molar-refractivity contribution in [2.24, 2.45) is 5.92 Å². The molecule has 1 aliphatic heterocycles. The highest BCUT2D eigenvalue weighted by Gasteiger charge is 2.29. The minimum absolute atomic E-state index is 0.612. The average molecular weight is 437 g/mol. The van der Waals surface area contributed by atoms with E-state index < -0.39 is 11.7 Å². The van der Waals surface area contributed by atoms with Crippen LogP contribution in [0.3, 0.4) is 0 Å². The molecule has 0 amide bonds. The van der Waals surface area contributed by atoms with Gasteiger partial charge < -0.3 is 19.7 Å². The van der Waals surface area contributed by atoms with E-state index in [1.54, 1.807) is 14.2 Å². The predicted molar refractivity (Wildman–Crippen MR) is 117 cm³/mol. The molecule has 1 saturated heterocycles. The minimum atomic E-state index is -4.29. The van der Waals surface area contributed by atoms with Crippen LogP contribution in [-0.4, -0.2) is 45.3 Å². The second kappa shape index (κ2) is 10.8. The highest BCUT2D eigenvalue weighted by molar-refractivity contribution is 5.45. The molecule has 7 heteroatoms. The molecule has 1 fully saturated rings. The lowest BCUT2D eigenvalue weighted by molar-refractivity contribution is -0.137. The maximum absolute atomic E-state index is 12.6. The van der Waals surface area contributed by atoms with Crippen LogP contribution in [0.25, 0.3) is 0 Å². The number of alkyl halides is 3. The number of likely N-dealkylation sites (tertiary alicyclic amines) is 1. The molecule has 3 rings (SSSR count). The van der Waals surface area contributed by atoms with Crippen molar-refractivity contribution in [1.82, 2.24) is 4.90 Å². The minimum Gasteiger partial charge on any atom is -0.493 e. The van der Waals surface area contributed by atoms with E-state index in [1.807, 2.05) is 12.1 Å². The van der Waals surface area contributed by atoms with Crippen LogP contribution in [0.5, 0.6) is 11.5 Å². The SMILES string of the molecule is COc1ccc(CCN2CCC(CCNc3ccc(C(F)(F)F)cc3)CC2)cc1OC. The van der Waals surface area contributed by atoms with Crippen molar-refractivity contribution >= 4 is 5.69 Å². The molecule has 0 radical (unpaired) electrons. The summed E-state index contributed by atoms with van der Waals surface area (Å²) in [5.41, 5.74) is 1.36. The lowest BCUT2D eigenvalue weighted by Gasteiger charge is -2.32. The first kappa shape index (κ1) is 23.3. The third-order valence-electron chi connectivity index (χ3n) is 5.97. The molecule has 2 aromatic rings. The molecule has 0 spiro atoms. The first-order valence-corrected chi connectivity index (χ1v) is 10.7. The topological polar surface area (TPSA) is 33.7 Å². The molecule has 0 aliphatic carbocycles. The van der Waals surface area contributed by atoms with Gasteiger partial charge in [0.25, 0.3) is 0 Å². The third-order valence-corrected chi connectivity index (χ3v) is 5.97. The van der Waals surface area contributed by atoms with Gasteiger partial charge >= 0.3 is 6.18 Å². The van der Waals surface area contributed by atoms with Gasteiger partial charge in [-0.05, 0) is 86.7 Å². The van der Waals surface area contributed by atoms with Crippen molar-refractivity contribution in [1.29, 1.82) is 0 Å². The summed E-state index contributed by atoms with van der Waals surface area (Å²) >= 11 is 0. The van der Waals surface area contributed by atoms with Crippen LogP contribution in [0.4, 0.5) is 18.9 Å². The molecule has 0 aromatic heterocycles. The van der Waals surface area contributed by atoms with Crippen LogP contribution < -0.4 is 14.8 Å². The second-order valence-corrected chi connectivity index (χ2v) is 8.01. The van der Waals surface area contributed by atoms with Crippen molar-refractivity contribution in [2.45, 2.75) is 31.9 Å². The zero-order valence-electron chi connectivity index (χ0n) is 18.2. The van der Waals surface area contributed by atoms with Crippen LogP contribution in [0.2, 0.25) is 0 Å². The van der Waals surface area contributed by atoms with Crippen molar-refractivity contribution in [3.8, 4) is 11.5 Å². The Hall–Kier alpha value is -2.41. The summed E-state index contributed by atoms with van der Waals surface area (Å²) in [6.45, 7) is 3.96. The number of halogens is 3. The predicted octanol–water partition coefficient (Wildman–Crippen LogP) is 5.48. The van der Waals surface area contributed by atoms with Gasteiger partial charge in [-0.1, -0.05) is 6.07 Å². The highest BCUT2D eigenvalue weighted by atomic mass is 19.4. The van der Waals surface area contributed by atoms with Crippen LogP contribution >= 0.6 is 0 Å². The van der Waals surface area contributed by atoms with E-state index in [9.17, 15) is 13.2 Å². The molecule has 0 unspecified atom stereocenters. The number of nitrogens with one attached hydrogen (secondary N) is 1. The van der Waals surface area contributed by atoms with Gasteiger partial charge in [-0.2, -0.15) is 13.2 Å². The van der Waals surface area contributed by atoms with Crippen LogP contribution in [0.15, 0.2) is 42.5 Å². The van der Waals surface area contributed by atoms with E-state index in [4.69, 9.17) is 9.47 Å². The molecule has 0 bridgehead atoms. The fraction of sp³-hybridized carbons (Fsp3) is 0.500. The van der Waals surface area contributed by atoms with Gasteiger partial charge in [0.15, 0.2) is 11.5 Å². The van der Waals surface area contributed by atoms with Crippen molar-refractivity contribution in [2.75, 3.05) is 45.7 Å². The van der Waals surface area contributed by atoms with E-state index in [2.05, 4.69) is 16.3 Å². The summed E-state index contributed by atoms with van der Waals surface area (Å²) < 4.78 is 48.6. The van der Waals surface area contributed by atoms with Crippen molar-refractivity contribution in [3.05, 3.63) is 53.6 Å². The lowest BCUT2D eigenvalue weighted by Crippen LogP contribution is -2.35. The van der Waals surface area contributed by atoms with Crippen LogP contribution in [0.1, 0.15) is 30.4 Å². The Balaban J connectivity index is 1.35. The molecule has 1 aliphatic rings. The zero-order chi connectivity index (χ0) is 22.3. The average Bonchev–Trinajstić information content (AvgIpc) is 2.78. The molecule has 2 aromatic carbocycles. The first-order valence-electron chi connectivity index (χ1n) is 10.7. The Bertz CT molecular complexity index is 817. The molecule has 0 saturated carbocycles. The molecular formula is C24H31F3N2O2. The van der Waals surface area contributed by atoms with Gasteiger partial charge in [0.2, 0.25) is 0 Å². The summed E-state index contributed by atoms with van der Waals surface area (Å²) in [4.78, 5) is 2.50. The maximum Gasteiger partial charge on any atom is 0.416 e. The number of anilines is 1. The fourth-order valence-electron chi connectivity index (χ4n) is 4.02. The van der Waals surface area contributed by atoms with E-state index >= 15 is 0 Å². The Morgan fingerprint density at radius 2 is 1.65 bits per heavy atom. The van der Waals surface area contributed by atoms with Gasteiger partial charge in [-0.25, -0.2) is 0 Å². The normalized spacial score (nSPS) is 15.6. The monoisotopic (exact) mass is 436 g/mol. The Labute approximate surface area is 182 Å². The van der Waals surface area contributed by atoms with E-state index in [1.165, 1.54) is 17.7 Å². The Morgan fingerprint density at radius 1 is 0.968 bits per heavy atom. The number of methoxy groups -OCH3 is 2. The maximum atomic E-state index is 12.6. The molecule has 4 nitrogen and oxygen atoms in total. The quantitative estimate of drug-likeness (QED) is 0.565.